The lowest BCUT2D eigenvalue weighted by atomic mass is 10.2. The minimum atomic E-state index is -0.0799. The Morgan fingerprint density at radius 3 is 2.22 bits per heavy atom. The molecule has 0 aliphatic rings. The van der Waals surface area contributed by atoms with Gasteiger partial charge in [0.2, 0.25) is 5.96 Å². The minimum absolute atomic E-state index is 0.0799. The molecule has 0 heterocycles. The minimum Gasteiger partial charge on any atom is -0.369 e. The number of nitrogens with one attached hydrogen (secondary N) is 1. The van der Waals surface area contributed by atoms with Crippen molar-refractivity contribution in [1.29, 1.82) is 5.41 Å². The Morgan fingerprint density at radius 2 is 2.11 bits per heavy atom. The van der Waals surface area contributed by atoms with Crippen molar-refractivity contribution in [2.75, 3.05) is 6.54 Å². The highest BCUT2D eigenvalue weighted by atomic mass is 15.4. The summed E-state index contributed by atoms with van der Waals surface area (Å²) in [7, 11) is 0. The summed E-state index contributed by atoms with van der Waals surface area (Å²) in [5, 5.41) is 8.10. The van der Waals surface area contributed by atoms with E-state index in [1.165, 1.54) is 5.01 Å². The van der Waals surface area contributed by atoms with E-state index >= 15 is 0 Å². The van der Waals surface area contributed by atoms with Crippen LogP contribution in [0.4, 0.5) is 0 Å². The summed E-state index contributed by atoms with van der Waals surface area (Å²) >= 11 is 0. The van der Waals surface area contributed by atoms with E-state index < -0.39 is 0 Å². The van der Waals surface area contributed by atoms with Crippen LogP contribution in [0.1, 0.15) is 13.8 Å². The number of hydrogen-bond donors (Lipinski definition) is 3. The summed E-state index contributed by atoms with van der Waals surface area (Å²) < 4.78 is 0. The molecule has 0 saturated carbocycles. The first-order chi connectivity index (χ1) is 4.04. The Kier molecular flexibility index (Phi) is 3.01. The normalized spacial score (nSPS) is 9.78. The van der Waals surface area contributed by atoms with E-state index in [9.17, 15) is 0 Å². The van der Waals surface area contributed by atoms with E-state index in [0.29, 0.717) is 12.5 Å². The lowest BCUT2D eigenvalue weighted by Crippen LogP contribution is -2.43. The number of rotatable bonds is 2. The van der Waals surface area contributed by atoms with Crippen molar-refractivity contribution in [3.8, 4) is 0 Å². The molecule has 4 heteroatoms. The zero-order valence-corrected chi connectivity index (χ0v) is 5.89. The van der Waals surface area contributed by atoms with Gasteiger partial charge in [0.25, 0.3) is 0 Å². The molecule has 0 aromatic carbocycles. The maximum absolute atomic E-state index is 6.87. The Labute approximate surface area is 55.3 Å². The summed E-state index contributed by atoms with van der Waals surface area (Å²) in [6, 6.07) is 0. The van der Waals surface area contributed by atoms with Crippen LogP contribution in [0.3, 0.4) is 0 Å². The highest BCUT2D eigenvalue weighted by molar-refractivity contribution is 5.73. The monoisotopic (exact) mass is 130 g/mol. The fraction of sp³-hybridized carbons (Fsp3) is 0.800. The molecular formula is C5H14N4. The van der Waals surface area contributed by atoms with Crippen molar-refractivity contribution in [2.24, 2.45) is 17.5 Å². The first-order valence-electron chi connectivity index (χ1n) is 2.90. The van der Waals surface area contributed by atoms with E-state index in [-0.39, 0.29) is 5.96 Å². The van der Waals surface area contributed by atoms with Crippen LogP contribution in [0, 0.1) is 11.3 Å². The van der Waals surface area contributed by atoms with Crippen LogP contribution < -0.4 is 11.6 Å². The van der Waals surface area contributed by atoms with Crippen LogP contribution in [0.15, 0.2) is 0 Å². The average molecular weight is 130 g/mol. The topological polar surface area (TPSA) is 79.1 Å². The van der Waals surface area contributed by atoms with Crippen molar-refractivity contribution in [3.63, 3.8) is 0 Å². The molecule has 0 spiro atoms. The predicted molar refractivity (Wildman–Crippen MR) is 37.6 cm³/mol. The number of guanidine groups is 1. The lowest BCUT2D eigenvalue weighted by molar-refractivity contribution is 0.373. The van der Waals surface area contributed by atoms with E-state index in [1.54, 1.807) is 0 Å². The summed E-state index contributed by atoms with van der Waals surface area (Å²) in [6.07, 6.45) is 0. The second-order valence-corrected chi connectivity index (χ2v) is 2.43. The van der Waals surface area contributed by atoms with Gasteiger partial charge in [-0.3, -0.25) is 10.4 Å². The zero-order chi connectivity index (χ0) is 7.44. The van der Waals surface area contributed by atoms with Gasteiger partial charge in [-0.1, -0.05) is 13.8 Å². The van der Waals surface area contributed by atoms with Gasteiger partial charge in [0.15, 0.2) is 0 Å². The zero-order valence-electron chi connectivity index (χ0n) is 5.89. The Balaban J connectivity index is 3.50. The molecule has 5 N–H and O–H groups in total. The van der Waals surface area contributed by atoms with Crippen molar-refractivity contribution in [1.82, 2.24) is 5.01 Å². The van der Waals surface area contributed by atoms with E-state index in [0.717, 1.165) is 0 Å². The van der Waals surface area contributed by atoms with Crippen molar-refractivity contribution >= 4 is 5.96 Å². The van der Waals surface area contributed by atoms with Crippen LogP contribution in [0.25, 0.3) is 0 Å². The van der Waals surface area contributed by atoms with Crippen LogP contribution in [-0.4, -0.2) is 17.5 Å². The molecular weight excluding hydrogens is 116 g/mol. The summed E-state index contributed by atoms with van der Waals surface area (Å²) in [5.74, 6) is 5.66. The maximum atomic E-state index is 6.87. The lowest BCUT2D eigenvalue weighted by Gasteiger charge is -2.17. The quantitative estimate of drug-likeness (QED) is 0.208. The smallest absolute Gasteiger partial charge is 0.202 e. The highest BCUT2D eigenvalue weighted by Crippen LogP contribution is 1.91. The summed E-state index contributed by atoms with van der Waals surface area (Å²) in [6.45, 7) is 4.67. The molecule has 0 aliphatic carbocycles. The molecule has 0 fully saturated rings. The van der Waals surface area contributed by atoms with Gasteiger partial charge in [-0.25, -0.2) is 5.84 Å². The third-order valence-electron chi connectivity index (χ3n) is 0.871. The van der Waals surface area contributed by atoms with E-state index in [2.05, 4.69) is 0 Å². The van der Waals surface area contributed by atoms with Gasteiger partial charge in [0, 0.05) is 6.54 Å². The van der Waals surface area contributed by atoms with E-state index in [4.69, 9.17) is 17.0 Å². The second-order valence-electron chi connectivity index (χ2n) is 2.43. The first kappa shape index (κ1) is 8.23. The van der Waals surface area contributed by atoms with Gasteiger partial charge in [-0.15, -0.1) is 0 Å². The largest absolute Gasteiger partial charge is 0.369 e. The number of nitrogens with two attached hydrogens (primary N) is 2. The van der Waals surface area contributed by atoms with Crippen molar-refractivity contribution < 1.29 is 0 Å². The van der Waals surface area contributed by atoms with Crippen molar-refractivity contribution in [3.05, 3.63) is 0 Å². The van der Waals surface area contributed by atoms with Crippen molar-refractivity contribution in [2.45, 2.75) is 13.8 Å². The fourth-order valence-corrected chi connectivity index (χ4v) is 0.492. The summed E-state index contributed by atoms with van der Waals surface area (Å²) in [5.41, 5.74) is 5.07. The average Bonchev–Trinajstić information content (AvgIpc) is 1.63. The molecule has 0 radical (unpaired) electrons. The summed E-state index contributed by atoms with van der Waals surface area (Å²) in [4.78, 5) is 0. The molecule has 0 saturated heterocycles. The molecule has 0 rings (SSSR count). The second kappa shape index (κ2) is 3.29. The molecule has 0 unspecified atom stereocenters. The third-order valence-corrected chi connectivity index (χ3v) is 0.871. The molecule has 0 aliphatic heterocycles. The molecule has 0 bridgehead atoms. The predicted octanol–water partition coefficient (Wildman–Crippen LogP) is -0.288. The standard InChI is InChI=1S/C5H14N4/c1-4(2)3-9(8)5(6)7/h4H,3,8H2,1-2H3,(H3,6,7). The van der Waals surface area contributed by atoms with Crippen LogP contribution in [0.5, 0.6) is 0 Å². The fourth-order valence-electron chi connectivity index (χ4n) is 0.492. The molecule has 4 nitrogen and oxygen atoms in total. The highest BCUT2D eigenvalue weighted by Gasteiger charge is 2.01. The van der Waals surface area contributed by atoms with Crippen LogP contribution in [-0.2, 0) is 0 Å². The van der Waals surface area contributed by atoms with Crippen LogP contribution >= 0.6 is 0 Å². The molecule has 0 aromatic heterocycles. The van der Waals surface area contributed by atoms with Gasteiger partial charge in [-0.2, -0.15) is 0 Å². The molecule has 0 atom stereocenters. The number of hydrazine groups is 1. The van der Waals surface area contributed by atoms with Gasteiger partial charge < -0.3 is 5.73 Å². The van der Waals surface area contributed by atoms with Gasteiger partial charge >= 0.3 is 0 Å². The number of hydrogen-bond acceptors (Lipinski definition) is 2. The molecule has 54 valence electrons. The van der Waals surface area contributed by atoms with E-state index in [1.807, 2.05) is 13.8 Å². The molecule has 9 heavy (non-hydrogen) atoms. The third kappa shape index (κ3) is 3.78. The van der Waals surface area contributed by atoms with Gasteiger partial charge in [0.05, 0.1) is 0 Å². The maximum Gasteiger partial charge on any atom is 0.202 e. The Hall–Kier alpha value is -0.770. The number of nitrogens with zero attached hydrogens (tertiary/aromatic N) is 1. The Bertz CT molecular complexity index is 99.1. The van der Waals surface area contributed by atoms with Crippen LogP contribution in [0.2, 0.25) is 0 Å². The molecule has 0 amide bonds. The molecule has 0 aromatic rings. The first-order valence-corrected chi connectivity index (χ1v) is 2.90. The van der Waals surface area contributed by atoms with Gasteiger partial charge in [-0.05, 0) is 5.92 Å². The van der Waals surface area contributed by atoms with Gasteiger partial charge in [0.1, 0.15) is 0 Å². The Morgan fingerprint density at radius 1 is 1.67 bits per heavy atom. The SMILES string of the molecule is CC(C)CN(N)C(=N)N.